The van der Waals surface area contributed by atoms with Gasteiger partial charge >= 0.3 is 5.97 Å². The Hall–Kier alpha value is -1.23. The van der Waals surface area contributed by atoms with Gasteiger partial charge in [-0.1, -0.05) is 6.92 Å². The molecule has 0 saturated carbocycles. The van der Waals surface area contributed by atoms with E-state index in [1.165, 1.54) is 0 Å². The average Bonchev–Trinajstić information content (AvgIpc) is 2.24. The second-order valence-electron chi connectivity index (χ2n) is 5.34. The van der Waals surface area contributed by atoms with Crippen LogP contribution in [-0.2, 0) is 19.1 Å². The molecule has 18 heavy (non-hydrogen) atoms. The molecule has 0 atom stereocenters. The molecule has 0 spiro atoms. The lowest BCUT2D eigenvalue weighted by molar-refractivity contribution is -0.870. The predicted octanol–water partition coefficient (Wildman–Crippen LogP) is 0.954. The van der Waals surface area contributed by atoms with Crippen molar-refractivity contribution in [2.45, 2.75) is 32.6 Å². The molecule has 5 heteroatoms. The number of nitrogens with zero attached hydrogens (tertiary/aromatic N) is 1. The molecule has 0 aliphatic heterocycles. The first-order chi connectivity index (χ1) is 8.24. The van der Waals surface area contributed by atoms with E-state index in [9.17, 15) is 14.4 Å². The smallest absolute Gasteiger partial charge is 0.306 e. The molecule has 0 fully saturated rings. The van der Waals surface area contributed by atoms with Gasteiger partial charge in [0.15, 0.2) is 0 Å². The highest BCUT2D eigenvalue weighted by Crippen LogP contribution is 2.00. The highest BCUT2D eigenvalue weighted by atomic mass is 16.5. The normalized spacial score (nSPS) is 11.1. The van der Waals surface area contributed by atoms with Gasteiger partial charge in [0, 0.05) is 12.8 Å². The summed E-state index contributed by atoms with van der Waals surface area (Å²) in [6.07, 6.45) is 0.449. The van der Waals surface area contributed by atoms with Crippen LogP contribution in [0.1, 0.15) is 32.6 Å². The molecule has 0 N–H and O–H groups in total. The Morgan fingerprint density at radius 2 is 1.61 bits per heavy atom. The van der Waals surface area contributed by atoms with Crippen molar-refractivity contribution in [3.05, 3.63) is 0 Å². The number of Topliss-reactive ketones (excluding diaryl/α,β-unsaturated/α-hetero) is 2. The molecule has 104 valence electrons. The largest absolute Gasteiger partial charge is 0.460 e. The monoisotopic (exact) mass is 258 g/mol. The van der Waals surface area contributed by atoms with Gasteiger partial charge in [0.05, 0.1) is 34.0 Å². The molecule has 0 bridgehead atoms. The minimum atomic E-state index is -0.374. The molecule has 0 aromatic carbocycles. The fraction of sp³-hybridized carbons (Fsp3) is 0.769. The summed E-state index contributed by atoms with van der Waals surface area (Å²) in [5.74, 6) is -0.649. The van der Waals surface area contributed by atoms with Crippen LogP contribution in [0.3, 0.4) is 0 Å². The Bertz CT molecular complexity index is 305. The number of hydrogen-bond acceptors (Lipinski definition) is 4. The van der Waals surface area contributed by atoms with Crippen LogP contribution < -0.4 is 0 Å². The SMILES string of the molecule is CCC(=O)CC(=O)CCC(=O)OCC[N+](C)(C)C. The van der Waals surface area contributed by atoms with E-state index in [0.29, 0.717) is 13.0 Å². The molecule has 0 aromatic rings. The Morgan fingerprint density at radius 3 is 2.11 bits per heavy atom. The molecule has 0 aliphatic carbocycles. The van der Waals surface area contributed by atoms with Gasteiger partial charge in [-0.2, -0.15) is 0 Å². The van der Waals surface area contributed by atoms with E-state index < -0.39 is 0 Å². The summed E-state index contributed by atoms with van der Waals surface area (Å²) in [7, 11) is 6.02. The maximum absolute atomic E-state index is 11.3. The molecule has 0 amide bonds. The Kier molecular flexibility index (Phi) is 7.43. The summed E-state index contributed by atoms with van der Waals surface area (Å²) in [4.78, 5) is 33.7. The van der Waals surface area contributed by atoms with E-state index in [2.05, 4.69) is 0 Å². The zero-order valence-electron chi connectivity index (χ0n) is 11.8. The van der Waals surface area contributed by atoms with Crippen LogP contribution in [-0.4, -0.2) is 56.3 Å². The van der Waals surface area contributed by atoms with Gasteiger partial charge in [-0.25, -0.2) is 0 Å². The van der Waals surface area contributed by atoms with E-state index in [4.69, 9.17) is 4.74 Å². The number of ether oxygens (including phenoxy) is 1. The Balaban J connectivity index is 3.71. The van der Waals surface area contributed by atoms with E-state index in [0.717, 1.165) is 11.0 Å². The standard InChI is InChI=1S/C13H24NO4/c1-5-11(15)10-12(16)6-7-13(17)18-9-8-14(2,3)4/h5-10H2,1-4H3/q+1. The lowest BCUT2D eigenvalue weighted by Gasteiger charge is -2.23. The zero-order chi connectivity index (χ0) is 14.2. The van der Waals surface area contributed by atoms with Gasteiger partial charge in [-0.3, -0.25) is 14.4 Å². The van der Waals surface area contributed by atoms with Crippen molar-refractivity contribution in [2.24, 2.45) is 0 Å². The predicted molar refractivity (Wildman–Crippen MR) is 68.0 cm³/mol. The van der Waals surface area contributed by atoms with Crippen LogP contribution in [0.2, 0.25) is 0 Å². The molecular formula is C13H24NO4+. The number of carbonyl (C=O) groups is 3. The van der Waals surface area contributed by atoms with Crippen LogP contribution in [0.15, 0.2) is 0 Å². The summed E-state index contributed by atoms with van der Waals surface area (Å²) in [5, 5.41) is 0. The zero-order valence-corrected chi connectivity index (χ0v) is 11.8. The maximum Gasteiger partial charge on any atom is 0.306 e. The molecule has 0 aromatic heterocycles. The Labute approximate surface area is 109 Å². The summed E-state index contributed by atoms with van der Waals surface area (Å²) >= 11 is 0. The van der Waals surface area contributed by atoms with Crippen molar-refractivity contribution in [1.82, 2.24) is 0 Å². The minimum absolute atomic E-state index is 0.0625. The number of likely N-dealkylation sites (N-methyl/N-ethyl adjacent to an activating group) is 1. The first kappa shape index (κ1) is 16.8. The first-order valence-corrected chi connectivity index (χ1v) is 6.24. The molecule has 0 rings (SSSR count). The third-order valence-corrected chi connectivity index (χ3v) is 2.42. The highest BCUT2D eigenvalue weighted by Gasteiger charge is 2.12. The number of hydrogen-bond donors (Lipinski definition) is 0. The van der Waals surface area contributed by atoms with Crippen LogP contribution in [0.4, 0.5) is 0 Å². The number of quaternary nitrogens is 1. The van der Waals surface area contributed by atoms with Gasteiger partial charge in [0.2, 0.25) is 0 Å². The fourth-order valence-electron chi connectivity index (χ4n) is 1.18. The van der Waals surface area contributed by atoms with Gasteiger partial charge < -0.3 is 9.22 Å². The maximum atomic E-state index is 11.3. The molecule has 0 saturated heterocycles. The topological polar surface area (TPSA) is 60.4 Å². The summed E-state index contributed by atoms with van der Waals surface area (Å²) in [6.45, 7) is 2.80. The number of carbonyl (C=O) groups excluding carboxylic acids is 3. The molecule has 0 aliphatic rings. The van der Waals surface area contributed by atoms with E-state index in [1.807, 2.05) is 21.1 Å². The fourth-order valence-corrected chi connectivity index (χ4v) is 1.18. The van der Waals surface area contributed by atoms with Crippen LogP contribution in [0.5, 0.6) is 0 Å². The summed E-state index contributed by atoms with van der Waals surface area (Å²) < 4.78 is 5.73. The van der Waals surface area contributed by atoms with Crippen molar-refractivity contribution in [3.63, 3.8) is 0 Å². The number of esters is 1. The second-order valence-corrected chi connectivity index (χ2v) is 5.34. The van der Waals surface area contributed by atoms with Gasteiger partial charge in [-0.15, -0.1) is 0 Å². The third kappa shape index (κ3) is 9.96. The van der Waals surface area contributed by atoms with Crippen LogP contribution in [0, 0.1) is 0 Å². The molecule has 5 nitrogen and oxygen atoms in total. The van der Waals surface area contributed by atoms with Crippen molar-refractivity contribution >= 4 is 17.5 Å². The molecule has 0 unspecified atom stereocenters. The van der Waals surface area contributed by atoms with Crippen molar-refractivity contribution in [1.29, 1.82) is 0 Å². The van der Waals surface area contributed by atoms with Crippen LogP contribution in [0.25, 0.3) is 0 Å². The third-order valence-electron chi connectivity index (χ3n) is 2.42. The minimum Gasteiger partial charge on any atom is -0.460 e. The van der Waals surface area contributed by atoms with E-state index in [-0.39, 0.29) is 36.8 Å². The van der Waals surface area contributed by atoms with Crippen LogP contribution >= 0.6 is 0 Å². The lowest BCUT2D eigenvalue weighted by atomic mass is 10.1. The molecule has 0 heterocycles. The summed E-state index contributed by atoms with van der Waals surface area (Å²) in [5.41, 5.74) is 0. The number of rotatable bonds is 9. The first-order valence-electron chi connectivity index (χ1n) is 6.24. The van der Waals surface area contributed by atoms with Gasteiger partial charge in [0.25, 0.3) is 0 Å². The quantitative estimate of drug-likeness (QED) is 0.351. The molecule has 0 radical (unpaired) electrons. The summed E-state index contributed by atoms with van der Waals surface area (Å²) in [6, 6.07) is 0. The average molecular weight is 258 g/mol. The van der Waals surface area contributed by atoms with Crippen molar-refractivity contribution in [2.75, 3.05) is 34.3 Å². The Morgan fingerprint density at radius 1 is 1.00 bits per heavy atom. The van der Waals surface area contributed by atoms with E-state index in [1.54, 1.807) is 6.92 Å². The van der Waals surface area contributed by atoms with Crippen molar-refractivity contribution < 1.29 is 23.6 Å². The number of ketones is 2. The lowest BCUT2D eigenvalue weighted by Crippen LogP contribution is -2.38. The molecular weight excluding hydrogens is 234 g/mol. The highest BCUT2D eigenvalue weighted by molar-refractivity contribution is 5.99. The van der Waals surface area contributed by atoms with Gasteiger partial charge in [-0.05, 0) is 0 Å². The van der Waals surface area contributed by atoms with Gasteiger partial charge in [0.1, 0.15) is 24.7 Å². The van der Waals surface area contributed by atoms with E-state index >= 15 is 0 Å². The van der Waals surface area contributed by atoms with Crippen molar-refractivity contribution in [3.8, 4) is 0 Å². The second kappa shape index (κ2) is 7.97.